The molecule has 4 rings (SSSR count). The second kappa shape index (κ2) is 10.5. The number of carbonyl (C=O) groups excluding carboxylic acids is 1. The molecule has 0 saturated carbocycles. The van der Waals surface area contributed by atoms with Crippen molar-refractivity contribution in [1.29, 1.82) is 0 Å². The molecule has 3 aromatic rings. The molecular weight excluding hydrogens is 661 g/mol. The molecule has 4 nitrogen and oxygen atoms in total. The number of aliphatic imine (C=N–C) groups is 1. The molecule has 0 N–H and O–H groups in total. The monoisotopic (exact) mass is 679 g/mol. The fourth-order valence-corrected chi connectivity index (χ4v) is 5.26. The van der Waals surface area contributed by atoms with Gasteiger partial charge in [0.25, 0.3) is 0 Å². The van der Waals surface area contributed by atoms with Crippen LogP contribution in [-0.4, -0.2) is 11.9 Å². The summed E-state index contributed by atoms with van der Waals surface area (Å²) in [6.45, 7) is 4.72. The van der Waals surface area contributed by atoms with E-state index < -0.39 is 5.97 Å². The van der Waals surface area contributed by atoms with Crippen molar-refractivity contribution < 1.29 is 14.3 Å². The van der Waals surface area contributed by atoms with Gasteiger partial charge in [-0.1, -0.05) is 44.2 Å². The molecular formula is C26H20Br2INO3. The second-order valence-corrected chi connectivity index (χ2v) is 10.7. The van der Waals surface area contributed by atoms with Crippen molar-refractivity contribution in [2.75, 3.05) is 0 Å². The van der Waals surface area contributed by atoms with E-state index in [1.165, 1.54) is 5.56 Å². The van der Waals surface area contributed by atoms with Crippen LogP contribution >= 0.6 is 54.5 Å². The van der Waals surface area contributed by atoms with E-state index in [1.807, 2.05) is 60.7 Å². The Labute approximate surface area is 223 Å². The van der Waals surface area contributed by atoms with Gasteiger partial charge in [0, 0.05) is 14.7 Å². The van der Waals surface area contributed by atoms with Gasteiger partial charge in [-0.15, -0.1) is 0 Å². The van der Waals surface area contributed by atoms with Gasteiger partial charge in [0.05, 0.1) is 8.95 Å². The number of hydrogen-bond acceptors (Lipinski definition) is 4. The van der Waals surface area contributed by atoms with E-state index in [-0.39, 0.29) is 5.70 Å². The van der Waals surface area contributed by atoms with E-state index in [0.29, 0.717) is 24.2 Å². The predicted octanol–water partition coefficient (Wildman–Crippen LogP) is 7.86. The van der Waals surface area contributed by atoms with Crippen LogP contribution < -0.4 is 4.74 Å². The van der Waals surface area contributed by atoms with Crippen LogP contribution in [0.4, 0.5) is 0 Å². The number of hydrogen-bond donors (Lipinski definition) is 0. The number of halogens is 3. The van der Waals surface area contributed by atoms with Crippen LogP contribution in [0.3, 0.4) is 0 Å². The minimum absolute atomic E-state index is 0.254. The topological polar surface area (TPSA) is 47.9 Å². The lowest BCUT2D eigenvalue weighted by molar-refractivity contribution is -0.129. The predicted molar refractivity (Wildman–Crippen MR) is 146 cm³/mol. The zero-order chi connectivity index (χ0) is 23.5. The van der Waals surface area contributed by atoms with Crippen LogP contribution in [0, 0.1) is 3.57 Å². The molecule has 0 bridgehead atoms. The molecule has 1 heterocycles. The van der Waals surface area contributed by atoms with Gasteiger partial charge in [0.2, 0.25) is 5.90 Å². The van der Waals surface area contributed by atoms with Gasteiger partial charge in [-0.3, -0.25) is 0 Å². The Balaban J connectivity index is 1.54. The summed E-state index contributed by atoms with van der Waals surface area (Å²) in [5, 5.41) is 0. The molecule has 0 saturated heterocycles. The summed E-state index contributed by atoms with van der Waals surface area (Å²) in [5.41, 5.74) is 4.16. The van der Waals surface area contributed by atoms with Gasteiger partial charge in [0.1, 0.15) is 12.4 Å². The van der Waals surface area contributed by atoms with E-state index in [9.17, 15) is 4.79 Å². The first-order valence-corrected chi connectivity index (χ1v) is 13.0. The molecule has 3 aromatic carbocycles. The number of cyclic esters (lactones) is 1. The molecule has 0 unspecified atom stereocenters. The summed E-state index contributed by atoms with van der Waals surface area (Å²) in [6, 6.07) is 19.8. The van der Waals surface area contributed by atoms with Gasteiger partial charge >= 0.3 is 5.97 Å². The molecule has 0 radical (unpaired) electrons. The highest BCUT2D eigenvalue weighted by Gasteiger charge is 2.24. The SMILES string of the molecule is CC(C)c1ccc(C2=N/C(=C\c3cc(Br)c(OCc4ccccc4I)c(Br)c3)C(=O)O2)cc1. The third-order valence-corrected chi connectivity index (χ3v) is 7.33. The van der Waals surface area contributed by atoms with Crippen LogP contribution in [0.5, 0.6) is 5.75 Å². The van der Waals surface area contributed by atoms with Crippen molar-refractivity contribution in [2.45, 2.75) is 26.4 Å². The van der Waals surface area contributed by atoms with E-state index in [0.717, 1.165) is 29.2 Å². The lowest BCUT2D eigenvalue weighted by Crippen LogP contribution is -2.05. The number of esters is 1. The maximum Gasteiger partial charge on any atom is 0.363 e. The minimum Gasteiger partial charge on any atom is -0.486 e. The Bertz CT molecular complexity index is 1240. The van der Waals surface area contributed by atoms with Crippen LogP contribution in [0.2, 0.25) is 0 Å². The third kappa shape index (κ3) is 5.75. The largest absolute Gasteiger partial charge is 0.486 e. The summed E-state index contributed by atoms with van der Waals surface area (Å²) in [4.78, 5) is 16.8. The Kier molecular flexibility index (Phi) is 7.71. The first kappa shape index (κ1) is 24.2. The first-order valence-electron chi connectivity index (χ1n) is 10.3. The Morgan fingerprint density at radius 2 is 1.73 bits per heavy atom. The fraction of sp³-hybridized carbons (Fsp3) is 0.154. The van der Waals surface area contributed by atoms with Crippen LogP contribution in [0.1, 0.15) is 42.0 Å². The van der Waals surface area contributed by atoms with Crippen molar-refractivity contribution >= 4 is 72.4 Å². The van der Waals surface area contributed by atoms with Crippen molar-refractivity contribution in [1.82, 2.24) is 0 Å². The van der Waals surface area contributed by atoms with Gasteiger partial charge in [-0.25, -0.2) is 9.79 Å². The molecule has 1 aliphatic rings. The molecule has 1 aliphatic heterocycles. The average Bonchev–Trinajstić information content (AvgIpc) is 3.14. The highest BCUT2D eigenvalue weighted by Crippen LogP contribution is 2.36. The molecule has 0 aliphatic carbocycles. The van der Waals surface area contributed by atoms with Crippen molar-refractivity contribution in [3.63, 3.8) is 0 Å². The van der Waals surface area contributed by atoms with Crippen molar-refractivity contribution in [2.24, 2.45) is 4.99 Å². The second-order valence-electron chi connectivity index (χ2n) is 7.81. The zero-order valence-electron chi connectivity index (χ0n) is 17.9. The quantitative estimate of drug-likeness (QED) is 0.151. The Morgan fingerprint density at radius 3 is 2.36 bits per heavy atom. The van der Waals surface area contributed by atoms with Gasteiger partial charge < -0.3 is 9.47 Å². The highest BCUT2D eigenvalue weighted by molar-refractivity contribution is 14.1. The fourth-order valence-electron chi connectivity index (χ4n) is 3.27. The molecule has 0 fully saturated rings. The number of benzene rings is 3. The van der Waals surface area contributed by atoms with E-state index in [2.05, 4.69) is 73.3 Å². The summed E-state index contributed by atoms with van der Waals surface area (Å²) in [5.74, 6) is 0.976. The normalized spacial score (nSPS) is 14.5. The van der Waals surface area contributed by atoms with E-state index >= 15 is 0 Å². The van der Waals surface area contributed by atoms with Crippen LogP contribution in [-0.2, 0) is 16.1 Å². The van der Waals surface area contributed by atoms with Crippen molar-refractivity contribution in [3.8, 4) is 5.75 Å². The smallest absolute Gasteiger partial charge is 0.363 e. The van der Waals surface area contributed by atoms with Crippen LogP contribution in [0.25, 0.3) is 6.08 Å². The van der Waals surface area contributed by atoms with Gasteiger partial charge in [0.15, 0.2) is 5.70 Å². The third-order valence-electron chi connectivity index (χ3n) is 5.10. The standard InChI is InChI=1S/C26H20Br2INO3/c1-15(2)17-7-9-18(10-8-17)25-30-23(26(31)33-25)13-16-11-20(27)24(21(28)12-16)32-14-19-5-3-4-6-22(19)29/h3-13,15H,14H2,1-2H3/b23-13-. The lowest BCUT2D eigenvalue weighted by Gasteiger charge is -2.12. The van der Waals surface area contributed by atoms with Crippen molar-refractivity contribution in [3.05, 3.63) is 101 Å². The molecule has 168 valence electrons. The van der Waals surface area contributed by atoms with Crippen LogP contribution in [0.15, 0.2) is 80.3 Å². The van der Waals surface area contributed by atoms with E-state index in [4.69, 9.17) is 9.47 Å². The summed E-state index contributed by atoms with van der Waals surface area (Å²) in [6.07, 6.45) is 1.71. The number of nitrogens with zero attached hydrogens (tertiary/aromatic N) is 1. The number of carbonyl (C=O) groups is 1. The molecule has 0 aromatic heterocycles. The summed E-state index contributed by atoms with van der Waals surface area (Å²) < 4.78 is 14.1. The molecule has 0 spiro atoms. The average molecular weight is 681 g/mol. The first-order chi connectivity index (χ1) is 15.8. The Hall–Kier alpha value is -1.97. The zero-order valence-corrected chi connectivity index (χ0v) is 23.3. The Morgan fingerprint density at radius 1 is 1.06 bits per heavy atom. The summed E-state index contributed by atoms with van der Waals surface area (Å²) in [7, 11) is 0. The number of rotatable bonds is 6. The molecule has 0 amide bonds. The minimum atomic E-state index is -0.468. The van der Waals surface area contributed by atoms with E-state index in [1.54, 1.807) is 6.08 Å². The number of ether oxygens (including phenoxy) is 2. The molecule has 33 heavy (non-hydrogen) atoms. The highest BCUT2D eigenvalue weighted by atomic mass is 127. The molecule has 0 atom stereocenters. The molecule has 7 heteroatoms. The summed E-state index contributed by atoms with van der Waals surface area (Å²) >= 11 is 9.46. The van der Waals surface area contributed by atoms with Gasteiger partial charge in [-0.2, -0.15) is 0 Å². The van der Waals surface area contributed by atoms with Gasteiger partial charge in [-0.05, 0) is 108 Å². The lowest BCUT2D eigenvalue weighted by atomic mass is 10.0. The maximum absolute atomic E-state index is 12.4. The maximum atomic E-state index is 12.4.